The number of unbranched alkanes of at least 4 members (excludes halogenated alkanes) is 1. The summed E-state index contributed by atoms with van der Waals surface area (Å²) in [6.45, 7) is 0.445. The molecule has 0 aliphatic heterocycles. The van der Waals surface area contributed by atoms with E-state index in [-0.39, 0.29) is 17.3 Å². The molecular formula is C18H17N3O4S. The van der Waals surface area contributed by atoms with Crippen molar-refractivity contribution in [3.63, 3.8) is 0 Å². The summed E-state index contributed by atoms with van der Waals surface area (Å²) in [4.78, 5) is 23.0. The smallest absolute Gasteiger partial charge is 0.269 e. The fourth-order valence-electron chi connectivity index (χ4n) is 2.01. The Labute approximate surface area is 155 Å². The van der Waals surface area contributed by atoms with Crippen molar-refractivity contribution < 1.29 is 14.5 Å². The van der Waals surface area contributed by atoms with Gasteiger partial charge in [0.2, 0.25) is 5.91 Å². The molecule has 0 aliphatic carbocycles. The maximum atomic E-state index is 12.1. The molecule has 1 N–H and O–H groups in total. The lowest BCUT2D eigenvalue weighted by atomic mass is 10.3. The van der Waals surface area contributed by atoms with Gasteiger partial charge in [0.25, 0.3) is 5.69 Å². The van der Waals surface area contributed by atoms with Crippen LogP contribution in [0.1, 0.15) is 12.8 Å². The van der Waals surface area contributed by atoms with Crippen LogP contribution in [0.15, 0.2) is 53.4 Å². The summed E-state index contributed by atoms with van der Waals surface area (Å²) in [5.41, 5.74) is 0.641. The van der Waals surface area contributed by atoms with Gasteiger partial charge in [0.15, 0.2) is 0 Å². The zero-order chi connectivity index (χ0) is 18.8. The van der Waals surface area contributed by atoms with Crippen LogP contribution in [0.4, 0.5) is 11.4 Å². The van der Waals surface area contributed by atoms with Gasteiger partial charge in [0, 0.05) is 35.2 Å². The van der Waals surface area contributed by atoms with Gasteiger partial charge in [-0.2, -0.15) is 5.26 Å². The molecule has 0 fully saturated rings. The van der Waals surface area contributed by atoms with Gasteiger partial charge in [-0.1, -0.05) is 6.07 Å². The third kappa shape index (κ3) is 6.45. The highest BCUT2D eigenvalue weighted by molar-refractivity contribution is 8.00. The summed E-state index contributed by atoms with van der Waals surface area (Å²) < 4.78 is 5.53. The first-order chi connectivity index (χ1) is 12.6. The minimum Gasteiger partial charge on any atom is -0.493 e. The number of hydrogen-bond donors (Lipinski definition) is 1. The van der Waals surface area contributed by atoms with Crippen LogP contribution >= 0.6 is 11.8 Å². The quantitative estimate of drug-likeness (QED) is 0.309. The number of benzene rings is 2. The van der Waals surface area contributed by atoms with Gasteiger partial charge in [-0.25, -0.2) is 0 Å². The Bertz CT molecular complexity index is 803. The average Bonchev–Trinajstić information content (AvgIpc) is 2.64. The number of rotatable bonds is 9. The van der Waals surface area contributed by atoms with Crippen LogP contribution in [0.5, 0.6) is 5.75 Å². The predicted octanol–water partition coefficient (Wildman–Crippen LogP) is 4.01. The SMILES string of the molecule is N#CCCCOc1cccc(NC(=O)CSc2ccc([N+](=O)[O-])cc2)c1. The molecule has 0 heterocycles. The number of non-ortho nitro benzene ring substituents is 1. The van der Waals surface area contributed by atoms with Gasteiger partial charge in [-0.15, -0.1) is 11.8 Å². The summed E-state index contributed by atoms with van der Waals surface area (Å²) in [5, 5.41) is 21.9. The first kappa shape index (κ1) is 19.3. The Morgan fingerprint density at radius 1 is 1.27 bits per heavy atom. The highest BCUT2D eigenvalue weighted by Crippen LogP contribution is 2.22. The van der Waals surface area contributed by atoms with Gasteiger partial charge in [-0.3, -0.25) is 14.9 Å². The van der Waals surface area contributed by atoms with Crippen LogP contribution in [-0.4, -0.2) is 23.2 Å². The zero-order valence-electron chi connectivity index (χ0n) is 13.9. The first-order valence-electron chi connectivity index (χ1n) is 7.85. The highest BCUT2D eigenvalue weighted by atomic mass is 32.2. The summed E-state index contributed by atoms with van der Waals surface area (Å²) in [5.74, 6) is 0.629. The molecule has 0 saturated heterocycles. The Balaban J connectivity index is 1.81. The largest absolute Gasteiger partial charge is 0.493 e. The predicted molar refractivity (Wildman–Crippen MR) is 99.2 cm³/mol. The first-order valence-corrected chi connectivity index (χ1v) is 8.84. The van der Waals surface area contributed by atoms with Crippen LogP contribution in [0.25, 0.3) is 0 Å². The Morgan fingerprint density at radius 2 is 2.04 bits per heavy atom. The molecule has 0 atom stereocenters. The van der Waals surface area contributed by atoms with Gasteiger partial charge in [-0.05, 0) is 30.7 Å². The fourth-order valence-corrected chi connectivity index (χ4v) is 2.71. The van der Waals surface area contributed by atoms with Crippen LogP contribution in [-0.2, 0) is 4.79 Å². The van der Waals surface area contributed by atoms with Crippen molar-refractivity contribution in [2.24, 2.45) is 0 Å². The van der Waals surface area contributed by atoms with E-state index in [1.54, 1.807) is 36.4 Å². The number of carbonyl (C=O) groups is 1. The van der Waals surface area contributed by atoms with Crippen molar-refractivity contribution in [3.05, 3.63) is 58.6 Å². The molecule has 0 bridgehead atoms. The molecular weight excluding hydrogens is 354 g/mol. The molecule has 0 aliphatic rings. The molecule has 0 spiro atoms. The number of nitro groups is 1. The molecule has 1 amide bonds. The Hall–Kier alpha value is -3.05. The molecule has 26 heavy (non-hydrogen) atoms. The van der Waals surface area contributed by atoms with E-state index in [0.29, 0.717) is 30.9 Å². The van der Waals surface area contributed by atoms with Crippen molar-refractivity contribution >= 4 is 29.0 Å². The summed E-state index contributed by atoms with van der Waals surface area (Å²) in [6.07, 6.45) is 1.09. The number of hydrogen-bond acceptors (Lipinski definition) is 6. The second kappa shape index (κ2) is 10.1. The maximum absolute atomic E-state index is 12.1. The standard InChI is InChI=1S/C18H17N3O4S/c19-10-1-2-11-25-16-5-3-4-14(12-16)20-18(22)13-26-17-8-6-15(7-9-17)21(23)24/h3-9,12H,1-2,11,13H2,(H,20,22). The monoisotopic (exact) mass is 371 g/mol. The molecule has 2 aromatic rings. The number of nitrogens with one attached hydrogen (secondary N) is 1. The van der Waals surface area contributed by atoms with Crippen molar-refractivity contribution in [2.45, 2.75) is 17.7 Å². The number of nitro benzene ring substituents is 1. The number of nitriles is 1. The Morgan fingerprint density at radius 3 is 2.73 bits per heavy atom. The Kier molecular flexibility index (Phi) is 7.46. The number of nitrogens with zero attached hydrogens (tertiary/aromatic N) is 2. The van der Waals surface area contributed by atoms with Crippen LogP contribution < -0.4 is 10.1 Å². The second-order valence-corrected chi connectivity index (χ2v) is 6.27. The van der Waals surface area contributed by atoms with Crippen molar-refractivity contribution in [1.82, 2.24) is 0 Å². The topological polar surface area (TPSA) is 105 Å². The van der Waals surface area contributed by atoms with E-state index in [1.807, 2.05) is 0 Å². The number of amides is 1. The lowest BCUT2D eigenvalue weighted by Gasteiger charge is -2.09. The lowest BCUT2D eigenvalue weighted by molar-refractivity contribution is -0.384. The van der Waals surface area contributed by atoms with E-state index in [2.05, 4.69) is 11.4 Å². The maximum Gasteiger partial charge on any atom is 0.269 e. The van der Waals surface area contributed by atoms with Crippen molar-refractivity contribution in [3.8, 4) is 11.8 Å². The van der Waals surface area contributed by atoms with E-state index in [4.69, 9.17) is 10.00 Å². The van der Waals surface area contributed by atoms with E-state index in [0.717, 1.165) is 4.90 Å². The van der Waals surface area contributed by atoms with Gasteiger partial charge >= 0.3 is 0 Å². The molecule has 2 aromatic carbocycles. The lowest BCUT2D eigenvalue weighted by Crippen LogP contribution is -2.14. The minimum absolute atomic E-state index is 0.0189. The number of ether oxygens (including phenoxy) is 1. The van der Waals surface area contributed by atoms with Gasteiger partial charge in [0.05, 0.1) is 23.4 Å². The molecule has 7 nitrogen and oxygen atoms in total. The zero-order valence-corrected chi connectivity index (χ0v) is 14.7. The molecule has 0 unspecified atom stereocenters. The average molecular weight is 371 g/mol. The fraction of sp³-hybridized carbons (Fsp3) is 0.222. The molecule has 0 saturated carbocycles. The van der Waals surface area contributed by atoms with E-state index in [1.165, 1.54) is 23.9 Å². The summed E-state index contributed by atoms with van der Waals surface area (Å²) in [6, 6.07) is 15.2. The van der Waals surface area contributed by atoms with Gasteiger partial charge in [0.1, 0.15) is 5.75 Å². The molecule has 0 aromatic heterocycles. The van der Waals surface area contributed by atoms with E-state index < -0.39 is 4.92 Å². The molecule has 8 heteroatoms. The van der Waals surface area contributed by atoms with Crippen molar-refractivity contribution in [2.75, 3.05) is 17.7 Å². The minimum atomic E-state index is -0.462. The molecule has 2 rings (SSSR count). The summed E-state index contributed by atoms with van der Waals surface area (Å²) in [7, 11) is 0. The van der Waals surface area contributed by atoms with E-state index >= 15 is 0 Å². The third-order valence-corrected chi connectivity index (χ3v) is 4.25. The van der Waals surface area contributed by atoms with Gasteiger partial charge < -0.3 is 10.1 Å². The normalized spacial score (nSPS) is 9.96. The highest BCUT2D eigenvalue weighted by Gasteiger charge is 2.07. The summed E-state index contributed by atoms with van der Waals surface area (Å²) >= 11 is 1.30. The molecule has 134 valence electrons. The third-order valence-electron chi connectivity index (χ3n) is 3.24. The number of thioether (sulfide) groups is 1. The van der Waals surface area contributed by atoms with E-state index in [9.17, 15) is 14.9 Å². The van der Waals surface area contributed by atoms with Crippen LogP contribution in [0.3, 0.4) is 0 Å². The number of carbonyl (C=O) groups excluding carboxylic acids is 1. The molecule has 0 radical (unpaired) electrons. The second-order valence-electron chi connectivity index (χ2n) is 5.23. The van der Waals surface area contributed by atoms with Crippen LogP contribution in [0.2, 0.25) is 0 Å². The van der Waals surface area contributed by atoms with Crippen LogP contribution in [0, 0.1) is 21.4 Å². The number of anilines is 1. The van der Waals surface area contributed by atoms with Crippen molar-refractivity contribution in [1.29, 1.82) is 5.26 Å².